The number of benzene rings is 1. The molecular weight excluding hydrogens is 555 g/mol. The van der Waals surface area contributed by atoms with Gasteiger partial charge in [-0.15, -0.1) is 0 Å². The van der Waals surface area contributed by atoms with E-state index in [9.17, 15) is 14.4 Å². The Morgan fingerprint density at radius 2 is 1.81 bits per heavy atom. The Morgan fingerprint density at radius 3 is 2.40 bits per heavy atom. The van der Waals surface area contributed by atoms with Crippen LogP contribution in [0.3, 0.4) is 0 Å². The van der Waals surface area contributed by atoms with Crippen molar-refractivity contribution >= 4 is 45.2 Å². The minimum absolute atomic E-state index is 0.299. The van der Waals surface area contributed by atoms with Gasteiger partial charge in [-0.3, -0.25) is 0 Å². The predicted octanol–water partition coefficient (Wildman–Crippen LogP) is 6.11. The number of nitriles is 1. The molecule has 0 N–H and O–H groups in total. The number of rotatable bonds is 6. The summed E-state index contributed by atoms with van der Waals surface area (Å²) in [6.45, 7) is 15.2. The fraction of sp³-hybridized carbons (Fsp3) is 0.433. The zero-order valence-corrected chi connectivity index (χ0v) is 25.6. The highest BCUT2D eigenvalue weighted by atomic mass is 32.1. The van der Waals surface area contributed by atoms with Crippen LogP contribution < -0.4 is 9.80 Å². The zero-order chi connectivity index (χ0) is 30.2. The smallest absolute Gasteiger partial charge is 0.410 e. The highest BCUT2D eigenvalue weighted by Gasteiger charge is 2.29. The Bertz CT molecular complexity index is 1640. The first-order valence-corrected chi connectivity index (χ1v) is 14.9. The summed E-state index contributed by atoms with van der Waals surface area (Å²) in [4.78, 5) is 28.9. The van der Waals surface area contributed by atoms with Crippen LogP contribution in [0.25, 0.3) is 22.3 Å². The summed E-state index contributed by atoms with van der Waals surface area (Å²) >= 11 is 1.29. The third kappa shape index (κ3) is 5.74. The molecule has 3 aromatic heterocycles. The second kappa shape index (κ2) is 11.6. The first kappa shape index (κ1) is 29.3. The standard InChI is InChI=1S/C30H35FN8O2S/c1-7-38(28-34-25(22(18-32)42-28)20-9-11-21(31)12-10-20)27-26-24(35-39(27)8-2)19(3)17-23(33-26)36-13-15-37(16-14-36)29(40)41-30(4,5)6/h9-12,17H,7-8,13-16H2,1-6H3. The highest BCUT2D eigenvalue weighted by Crippen LogP contribution is 2.39. The monoisotopic (exact) mass is 590 g/mol. The van der Waals surface area contributed by atoms with Crippen molar-refractivity contribution in [2.24, 2.45) is 0 Å². The van der Waals surface area contributed by atoms with Crippen molar-refractivity contribution in [3.63, 3.8) is 0 Å². The molecule has 0 saturated carbocycles. The number of hydrogen-bond acceptors (Lipinski definition) is 9. The molecular formula is C30H35FN8O2S. The number of aromatic nitrogens is 4. The van der Waals surface area contributed by atoms with E-state index in [2.05, 4.69) is 11.0 Å². The number of carbonyl (C=O) groups is 1. The Hall–Kier alpha value is -4.24. The van der Waals surface area contributed by atoms with E-state index in [1.165, 1.54) is 23.5 Å². The molecule has 5 rings (SSSR count). The topological polar surface area (TPSA) is 103 Å². The molecule has 1 amide bonds. The zero-order valence-electron chi connectivity index (χ0n) is 24.8. The second-order valence-electron chi connectivity index (χ2n) is 11.1. The first-order chi connectivity index (χ1) is 20.0. The van der Waals surface area contributed by atoms with Gasteiger partial charge in [0, 0.05) is 44.8 Å². The quantitative estimate of drug-likeness (QED) is 0.265. The predicted molar refractivity (Wildman–Crippen MR) is 163 cm³/mol. The van der Waals surface area contributed by atoms with Crippen LogP contribution in [0.4, 0.5) is 26.0 Å². The fourth-order valence-corrected chi connectivity index (χ4v) is 5.95. The lowest BCUT2D eigenvalue weighted by Crippen LogP contribution is -2.50. The lowest BCUT2D eigenvalue weighted by atomic mass is 10.1. The maximum atomic E-state index is 13.6. The lowest BCUT2D eigenvalue weighted by molar-refractivity contribution is 0.0240. The minimum Gasteiger partial charge on any atom is -0.444 e. The van der Waals surface area contributed by atoms with E-state index in [4.69, 9.17) is 19.8 Å². The van der Waals surface area contributed by atoms with Crippen molar-refractivity contribution in [3.8, 4) is 17.3 Å². The highest BCUT2D eigenvalue weighted by molar-refractivity contribution is 7.16. The summed E-state index contributed by atoms with van der Waals surface area (Å²) in [5, 5.41) is 15.4. The number of amides is 1. The third-order valence-electron chi connectivity index (χ3n) is 7.04. The van der Waals surface area contributed by atoms with Crippen LogP contribution >= 0.6 is 11.3 Å². The van der Waals surface area contributed by atoms with Crippen molar-refractivity contribution in [2.45, 2.75) is 53.7 Å². The number of pyridine rings is 1. The molecule has 1 aliphatic heterocycles. The number of piperazine rings is 1. The molecule has 0 bridgehead atoms. The van der Waals surface area contributed by atoms with Gasteiger partial charge in [-0.05, 0) is 77.4 Å². The van der Waals surface area contributed by atoms with Crippen LogP contribution in [0.15, 0.2) is 30.3 Å². The molecule has 0 unspecified atom stereocenters. The van der Waals surface area contributed by atoms with Crippen molar-refractivity contribution < 1.29 is 13.9 Å². The van der Waals surface area contributed by atoms with Gasteiger partial charge in [0.2, 0.25) is 0 Å². The van der Waals surface area contributed by atoms with E-state index in [0.717, 1.165) is 28.2 Å². The van der Waals surface area contributed by atoms with Crippen molar-refractivity contribution in [3.05, 3.63) is 46.6 Å². The van der Waals surface area contributed by atoms with Crippen LogP contribution in [0.2, 0.25) is 0 Å². The van der Waals surface area contributed by atoms with Crippen molar-refractivity contribution in [1.82, 2.24) is 24.6 Å². The molecule has 0 radical (unpaired) electrons. The van der Waals surface area contributed by atoms with Crippen molar-refractivity contribution in [1.29, 1.82) is 5.26 Å². The van der Waals surface area contributed by atoms with E-state index in [1.807, 2.05) is 57.2 Å². The van der Waals surface area contributed by atoms with Gasteiger partial charge in [0.15, 0.2) is 10.9 Å². The van der Waals surface area contributed by atoms with Gasteiger partial charge >= 0.3 is 6.09 Å². The molecule has 1 aromatic carbocycles. The lowest BCUT2D eigenvalue weighted by Gasteiger charge is -2.36. The number of nitrogens with zero attached hydrogens (tertiary/aromatic N) is 8. The Balaban J connectivity index is 1.50. The van der Waals surface area contributed by atoms with Crippen LogP contribution in [-0.4, -0.2) is 69.1 Å². The third-order valence-corrected chi connectivity index (χ3v) is 8.02. The summed E-state index contributed by atoms with van der Waals surface area (Å²) in [7, 11) is 0. The molecule has 4 heterocycles. The van der Waals surface area contributed by atoms with E-state index in [1.54, 1.807) is 17.0 Å². The Kier molecular flexibility index (Phi) is 8.06. The molecule has 4 aromatic rings. The largest absolute Gasteiger partial charge is 0.444 e. The summed E-state index contributed by atoms with van der Waals surface area (Å²) < 4.78 is 21.0. The maximum absolute atomic E-state index is 13.6. The van der Waals surface area contributed by atoms with Crippen LogP contribution in [0.5, 0.6) is 0 Å². The van der Waals surface area contributed by atoms with E-state index in [0.29, 0.717) is 60.5 Å². The number of hydrogen-bond donors (Lipinski definition) is 0. The average Bonchev–Trinajstić information content (AvgIpc) is 3.55. The molecule has 0 aliphatic carbocycles. The number of ether oxygens (including phenoxy) is 1. The van der Waals surface area contributed by atoms with Crippen LogP contribution in [-0.2, 0) is 11.3 Å². The molecule has 220 valence electrons. The summed E-state index contributed by atoms with van der Waals surface area (Å²) in [5.74, 6) is 1.28. The van der Waals surface area contributed by atoms with Crippen molar-refractivity contribution in [2.75, 3.05) is 42.5 Å². The average molecular weight is 591 g/mol. The number of thiazole rings is 1. The second-order valence-corrected chi connectivity index (χ2v) is 12.1. The van der Waals surface area contributed by atoms with E-state index >= 15 is 0 Å². The van der Waals surface area contributed by atoms with E-state index < -0.39 is 5.60 Å². The first-order valence-electron chi connectivity index (χ1n) is 14.1. The van der Waals surface area contributed by atoms with Gasteiger partial charge in [-0.2, -0.15) is 10.4 Å². The van der Waals surface area contributed by atoms with Crippen LogP contribution in [0.1, 0.15) is 45.1 Å². The Labute approximate surface area is 248 Å². The normalized spacial score (nSPS) is 13.9. The maximum Gasteiger partial charge on any atom is 0.410 e. The van der Waals surface area contributed by atoms with Crippen LogP contribution in [0, 0.1) is 24.1 Å². The van der Waals surface area contributed by atoms with E-state index in [-0.39, 0.29) is 11.9 Å². The molecule has 0 atom stereocenters. The molecule has 10 nitrogen and oxygen atoms in total. The number of anilines is 3. The molecule has 42 heavy (non-hydrogen) atoms. The fourth-order valence-electron chi connectivity index (χ4n) is 4.99. The molecule has 1 fully saturated rings. The summed E-state index contributed by atoms with van der Waals surface area (Å²) in [6.07, 6.45) is -0.299. The Morgan fingerprint density at radius 1 is 1.12 bits per heavy atom. The van der Waals surface area contributed by atoms with Gasteiger partial charge in [0.25, 0.3) is 0 Å². The number of halogens is 1. The van der Waals surface area contributed by atoms with Gasteiger partial charge in [0.1, 0.15) is 44.9 Å². The number of aryl methyl sites for hydroxylation is 2. The number of carbonyl (C=O) groups excluding carboxylic acids is 1. The van der Waals surface area contributed by atoms with Gasteiger partial charge in [-0.25, -0.2) is 23.8 Å². The molecule has 0 spiro atoms. The van der Waals surface area contributed by atoms with Gasteiger partial charge in [-0.1, -0.05) is 11.3 Å². The minimum atomic E-state index is -0.538. The van der Waals surface area contributed by atoms with Gasteiger partial charge < -0.3 is 19.4 Å². The summed E-state index contributed by atoms with van der Waals surface area (Å²) in [5.41, 5.74) is 3.22. The molecule has 12 heteroatoms. The SMILES string of the molecule is CCN(c1nc(-c2ccc(F)cc2)c(C#N)s1)c1c2nc(N3CCN(C(=O)OC(C)(C)C)CC3)cc(C)c2nn1CC. The van der Waals surface area contributed by atoms with Gasteiger partial charge in [0.05, 0.1) is 0 Å². The summed E-state index contributed by atoms with van der Waals surface area (Å²) in [6, 6.07) is 10.3. The number of fused-ring (bicyclic) bond motifs is 1. The molecule has 1 aliphatic rings. The molecule has 1 saturated heterocycles.